The van der Waals surface area contributed by atoms with Gasteiger partial charge in [0.25, 0.3) is 0 Å². The van der Waals surface area contributed by atoms with E-state index in [0.717, 1.165) is 12.1 Å². The van der Waals surface area contributed by atoms with Crippen LogP contribution in [0.5, 0.6) is 0 Å². The van der Waals surface area contributed by atoms with Crippen LogP contribution in [0.3, 0.4) is 0 Å². The standard InChI is InChI=1S/C13H21F3N2S/c1-4-17-12(10(2)3)11-5-6-18(9-11)7-8-19-13(14,15)16/h5-6,9-10,12,17H,4,7-8H2,1-3H3. The van der Waals surface area contributed by atoms with E-state index in [4.69, 9.17) is 0 Å². The molecule has 6 heteroatoms. The lowest BCUT2D eigenvalue weighted by atomic mass is 9.98. The van der Waals surface area contributed by atoms with Gasteiger partial charge in [0.1, 0.15) is 0 Å². The second kappa shape index (κ2) is 7.24. The van der Waals surface area contributed by atoms with Gasteiger partial charge in [-0.15, -0.1) is 0 Å². The summed E-state index contributed by atoms with van der Waals surface area (Å²) < 4.78 is 37.9. The van der Waals surface area contributed by atoms with Gasteiger partial charge in [-0.2, -0.15) is 13.2 Å². The Hall–Kier alpha value is -0.620. The van der Waals surface area contributed by atoms with E-state index >= 15 is 0 Å². The van der Waals surface area contributed by atoms with Gasteiger partial charge in [-0.05, 0) is 35.9 Å². The maximum absolute atomic E-state index is 12.0. The molecule has 0 bridgehead atoms. The summed E-state index contributed by atoms with van der Waals surface area (Å²) in [6.07, 6.45) is 3.78. The summed E-state index contributed by atoms with van der Waals surface area (Å²) in [4.78, 5) is 0. The molecule has 1 aromatic heterocycles. The van der Waals surface area contributed by atoms with Crippen LogP contribution in [0.25, 0.3) is 0 Å². The molecule has 0 radical (unpaired) electrons. The predicted molar refractivity (Wildman–Crippen MR) is 74.2 cm³/mol. The zero-order chi connectivity index (χ0) is 14.5. The number of nitrogens with zero attached hydrogens (tertiary/aromatic N) is 1. The average molecular weight is 294 g/mol. The molecule has 1 unspecified atom stereocenters. The molecule has 1 N–H and O–H groups in total. The number of alkyl halides is 3. The molecule has 0 aliphatic rings. The summed E-state index contributed by atoms with van der Waals surface area (Å²) in [6.45, 7) is 7.56. The molecule has 0 spiro atoms. The van der Waals surface area contributed by atoms with Crippen molar-refractivity contribution in [3.05, 3.63) is 24.0 Å². The fourth-order valence-corrected chi connectivity index (χ4v) is 2.54. The monoisotopic (exact) mass is 294 g/mol. The second-order valence-corrected chi connectivity index (χ2v) is 5.92. The number of nitrogens with one attached hydrogen (secondary N) is 1. The minimum Gasteiger partial charge on any atom is -0.353 e. The molecule has 0 aliphatic heterocycles. The van der Waals surface area contributed by atoms with E-state index < -0.39 is 5.51 Å². The van der Waals surface area contributed by atoms with E-state index in [1.807, 2.05) is 30.0 Å². The van der Waals surface area contributed by atoms with Crippen molar-refractivity contribution in [1.29, 1.82) is 0 Å². The third kappa shape index (κ3) is 5.91. The third-order valence-corrected chi connectivity index (χ3v) is 3.55. The molecule has 0 aromatic carbocycles. The first-order valence-electron chi connectivity index (χ1n) is 6.43. The summed E-state index contributed by atoms with van der Waals surface area (Å²) in [7, 11) is 0. The number of hydrogen-bond acceptors (Lipinski definition) is 2. The summed E-state index contributed by atoms with van der Waals surface area (Å²) in [5.74, 6) is 0.492. The normalized spacial score (nSPS) is 14.1. The van der Waals surface area contributed by atoms with Crippen molar-refractivity contribution in [2.75, 3.05) is 12.3 Å². The highest BCUT2D eigenvalue weighted by Crippen LogP contribution is 2.30. The van der Waals surface area contributed by atoms with Gasteiger partial charge in [0, 0.05) is 30.7 Å². The van der Waals surface area contributed by atoms with Gasteiger partial charge < -0.3 is 9.88 Å². The molecule has 0 saturated heterocycles. The van der Waals surface area contributed by atoms with Crippen LogP contribution in [-0.2, 0) is 6.54 Å². The molecule has 1 atom stereocenters. The van der Waals surface area contributed by atoms with Crippen molar-refractivity contribution in [2.45, 2.75) is 38.9 Å². The lowest BCUT2D eigenvalue weighted by Crippen LogP contribution is -2.25. The lowest BCUT2D eigenvalue weighted by molar-refractivity contribution is -0.0328. The number of hydrogen-bond donors (Lipinski definition) is 1. The number of thioether (sulfide) groups is 1. The van der Waals surface area contributed by atoms with Crippen molar-refractivity contribution in [1.82, 2.24) is 9.88 Å². The first-order valence-corrected chi connectivity index (χ1v) is 7.41. The smallest absolute Gasteiger partial charge is 0.353 e. The van der Waals surface area contributed by atoms with E-state index in [0.29, 0.717) is 12.5 Å². The van der Waals surface area contributed by atoms with Crippen LogP contribution in [0, 0.1) is 5.92 Å². The fraction of sp³-hybridized carbons (Fsp3) is 0.692. The molecule has 0 saturated carbocycles. The van der Waals surface area contributed by atoms with E-state index in [-0.39, 0.29) is 23.6 Å². The number of halogens is 3. The Morgan fingerprint density at radius 1 is 1.37 bits per heavy atom. The Balaban J connectivity index is 2.55. The number of aromatic nitrogens is 1. The van der Waals surface area contributed by atoms with E-state index in [9.17, 15) is 13.2 Å². The maximum atomic E-state index is 12.0. The van der Waals surface area contributed by atoms with Gasteiger partial charge in [0.2, 0.25) is 0 Å². The topological polar surface area (TPSA) is 17.0 Å². The molecule has 1 aromatic rings. The summed E-state index contributed by atoms with van der Waals surface area (Å²) in [5.41, 5.74) is -3.01. The van der Waals surface area contributed by atoms with Crippen molar-refractivity contribution in [3.63, 3.8) is 0 Å². The predicted octanol–water partition coefficient (Wildman–Crippen LogP) is 4.05. The highest BCUT2D eigenvalue weighted by Gasteiger charge is 2.27. The van der Waals surface area contributed by atoms with Crippen molar-refractivity contribution < 1.29 is 13.2 Å². The largest absolute Gasteiger partial charge is 0.441 e. The molecule has 1 rings (SSSR count). The molecular formula is C13H21F3N2S. The van der Waals surface area contributed by atoms with Gasteiger partial charge in [-0.3, -0.25) is 0 Å². The van der Waals surface area contributed by atoms with Crippen LogP contribution in [-0.4, -0.2) is 22.4 Å². The van der Waals surface area contributed by atoms with Crippen LogP contribution < -0.4 is 5.32 Å². The molecule has 1 heterocycles. The Labute approximate surface area is 116 Å². The summed E-state index contributed by atoms with van der Waals surface area (Å²) in [5, 5.41) is 3.39. The average Bonchev–Trinajstić information content (AvgIpc) is 2.72. The summed E-state index contributed by atoms with van der Waals surface area (Å²) in [6, 6.07) is 2.23. The van der Waals surface area contributed by atoms with Crippen LogP contribution in [0.4, 0.5) is 13.2 Å². The van der Waals surface area contributed by atoms with Crippen LogP contribution >= 0.6 is 11.8 Å². The van der Waals surface area contributed by atoms with E-state index in [1.54, 1.807) is 0 Å². The molecule has 2 nitrogen and oxygen atoms in total. The highest BCUT2D eigenvalue weighted by atomic mass is 32.2. The lowest BCUT2D eigenvalue weighted by Gasteiger charge is -2.20. The molecule has 19 heavy (non-hydrogen) atoms. The minimum atomic E-state index is -4.14. The second-order valence-electron chi connectivity index (χ2n) is 4.76. The zero-order valence-electron chi connectivity index (χ0n) is 11.5. The first-order chi connectivity index (χ1) is 8.83. The Morgan fingerprint density at radius 2 is 2.05 bits per heavy atom. The Bertz CT molecular complexity index is 374. The Kier molecular flexibility index (Phi) is 6.26. The van der Waals surface area contributed by atoms with E-state index in [1.165, 1.54) is 0 Å². The number of aryl methyl sites for hydroxylation is 1. The minimum absolute atomic E-state index is 0.0262. The van der Waals surface area contributed by atoms with Gasteiger partial charge in [-0.1, -0.05) is 20.8 Å². The molecular weight excluding hydrogens is 273 g/mol. The fourth-order valence-electron chi connectivity index (χ4n) is 2.01. The molecule has 0 aliphatic carbocycles. The Morgan fingerprint density at radius 3 is 2.58 bits per heavy atom. The van der Waals surface area contributed by atoms with Crippen molar-refractivity contribution in [3.8, 4) is 0 Å². The quantitative estimate of drug-likeness (QED) is 0.817. The highest BCUT2D eigenvalue weighted by molar-refractivity contribution is 8.00. The number of rotatable bonds is 7. The third-order valence-electron chi connectivity index (χ3n) is 2.84. The SMILES string of the molecule is CCNC(c1ccn(CCSC(F)(F)F)c1)C(C)C. The van der Waals surface area contributed by atoms with Crippen LogP contribution in [0.15, 0.2) is 18.5 Å². The molecule has 0 amide bonds. The van der Waals surface area contributed by atoms with Gasteiger partial charge in [0.15, 0.2) is 0 Å². The van der Waals surface area contributed by atoms with Crippen LogP contribution in [0.2, 0.25) is 0 Å². The van der Waals surface area contributed by atoms with Gasteiger partial charge in [0.05, 0.1) is 0 Å². The summed E-state index contributed by atoms with van der Waals surface area (Å²) >= 11 is 0.0262. The van der Waals surface area contributed by atoms with E-state index in [2.05, 4.69) is 19.2 Å². The van der Waals surface area contributed by atoms with Gasteiger partial charge in [-0.25, -0.2) is 0 Å². The van der Waals surface area contributed by atoms with Crippen molar-refractivity contribution >= 4 is 11.8 Å². The molecule has 0 fully saturated rings. The van der Waals surface area contributed by atoms with Crippen molar-refractivity contribution in [2.24, 2.45) is 5.92 Å². The maximum Gasteiger partial charge on any atom is 0.441 e. The van der Waals surface area contributed by atoms with Gasteiger partial charge >= 0.3 is 5.51 Å². The molecule has 110 valence electrons. The first kappa shape index (κ1) is 16.4. The zero-order valence-corrected chi connectivity index (χ0v) is 12.3. The van der Waals surface area contributed by atoms with Crippen LogP contribution in [0.1, 0.15) is 32.4 Å².